The van der Waals surface area contributed by atoms with Crippen molar-refractivity contribution in [2.45, 2.75) is 70.8 Å². The third-order valence-corrected chi connectivity index (χ3v) is 13.5. The van der Waals surface area contributed by atoms with Crippen molar-refractivity contribution in [1.29, 1.82) is 0 Å². The Morgan fingerprint density at radius 2 is 1.41 bits per heavy atom. The van der Waals surface area contributed by atoms with Crippen molar-refractivity contribution in [3.05, 3.63) is 0 Å². The molecular formula is C18H46NO5Si3+. The van der Waals surface area contributed by atoms with E-state index in [4.69, 9.17) is 18.1 Å². The van der Waals surface area contributed by atoms with Gasteiger partial charge in [0.15, 0.2) is 16.6 Å². The van der Waals surface area contributed by atoms with Crippen LogP contribution in [0.2, 0.25) is 51.9 Å². The highest BCUT2D eigenvalue weighted by atomic mass is 28.5. The zero-order valence-electron chi connectivity index (χ0n) is 19.3. The average molecular weight is 441 g/mol. The quantitative estimate of drug-likeness (QED) is 0.233. The molecule has 27 heavy (non-hydrogen) atoms. The molecule has 9 heteroatoms. The molecule has 0 aromatic carbocycles. The first-order valence-corrected chi connectivity index (χ1v) is 19.5. The molecule has 0 aliphatic heterocycles. The van der Waals surface area contributed by atoms with Gasteiger partial charge in [0.2, 0.25) is 0 Å². The Labute approximate surface area is 170 Å². The van der Waals surface area contributed by atoms with Gasteiger partial charge in [0.25, 0.3) is 0 Å². The fourth-order valence-electron chi connectivity index (χ4n) is 3.35. The fraction of sp³-hybridized carbons (Fsp3) is 1.00. The first-order valence-electron chi connectivity index (χ1n) is 10.2. The molecule has 2 N–H and O–H groups in total. The maximum absolute atomic E-state index is 10.2. The van der Waals surface area contributed by atoms with Gasteiger partial charge in [-0.1, -0.05) is 0 Å². The Balaban J connectivity index is 4.33. The van der Waals surface area contributed by atoms with Gasteiger partial charge >= 0.3 is 8.56 Å². The van der Waals surface area contributed by atoms with Gasteiger partial charge < -0.3 is 27.7 Å². The summed E-state index contributed by atoms with van der Waals surface area (Å²) in [6.07, 6.45) is 1.16. The second-order valence-corrected chi connectivity index (χ2v) is 23.2. The van der Waals surface area contributed by atoms with E-state index in [0.29, 0.717) is 24.2 Å². The standard InChI is InChI=1S/C18H46NO5Si3/c1-19(2,12-10-13-20)16-18(21)17-22-14-11-15-27(9,23-25(3,4)5)24-26(6,7)8/h18,20-21H,10-17H2,1-9H3/q+1. The van der Waals surface area contributed by atoms with E-state index in [0.717, 1.165) is 25.4 Å². The van der Waals surface area contributed by atoms with E-state index < -0.39 is 31.3 Å². The number of quaternary nitrogens is 1. The van der Waals surface area contributed by atoms with Gasteiger partial charge in [-0.3, -0.25) is 0 Å². The number of hydrogen-bond donors (Lipinski definition) is 2. The molecule has 0 aromatic rings. The van der Waals surface area contributed by atoms with Crippen molar-refractivity contribution in [2.75, 3.05) is 47.0 Å². The molecule has 0 amide bonds. The molecule has 0 radical (unpaired) electrons. The highest BCUT2D eigenvalue weighted by Crippen LogP contribution is 2.25. The Morgan fingerprint density at radius 3 is 1.85 bits per heavy atom. The molecule has 0 spiro atoms. The van der Waals surface area contributed by atoms with Crippen LogP contribution < -0.4 is 0 Å². The molecule has 0 bridgehead atoms. The SMILES string of the molecule is C[N+](C)(CCCO)CC(O)COCCC[Si](C)(O[Si](C)(C)C)O[Si](C)(C)C. The summed E-state index contributed by atoms with van der Waals surface area (Å²) >= 11 is 0. The molecule has 0 heterocycles. The zero-order chi connectivity index (χ0) is 21.4. The van der Waals surface area contributed by atoms with Crippen LogP contribution in [0.15, 0.2) is 0 Å². The highest BCUT2D eigenvalue weighted by Gasteiger charge is 2.39. The third kappa shape index (κ3) is 16.0. The van der Waals surface area contributed by atoms with Crippen LogP contribution >= 0.6 is 0 Å². The number of aliphatic hydroxyl groups is 2. The normalized spacial score (nSPS) is 15.2. The van der Waals surface area contributed by atoms with Crippen molar-refractivity contribution < 1.29 is 27.7 Å². The van der Waals surface area contributed by atoms with Gasteiger partial charge in [-0.05, 0) is 58.3 Å². The number of ether oxygens (including phenoxy) is 1. The van der Waals surface area contributed by atoms with E-state index in [2.05, 4.69) is 59.9 Å². The molecule has 0 fully saturated rings. The Bertz CT molecular complexity index is 395. The largest absolute Gasteiger partial charge is 0.437 e. The molecule has 0 aliphatic rings. The first kappa shape index (κ1) is 27.4. The number of rotatable bonds is 15. The molecule has 6 nitrogen and oxygen atoms in total. The lowest BCUT2D eigenvalue weighted by atomic mass is 10.3. The highest BCUT2D eigenvalue weighted by molar-refractivity contribution is 6.87. The van der Waals surface area contributed by atoms with Gasteiger partial charge in [-0.25, -0.2) is 0 Å². The van der Waals surface area contributed by atoms with E-state index >= 15 is 0 Å². The van der Waals surface area contributed by atoms with Gasteiger partial charge in [0.05, 0.1) is 27.2 Å². The summed E-state index contributed by atoms with van der Waals surface area (Å²) in [4.78, 5) is 0. The van der Waals surface area contributed by atoms with E-state index in [-0.39, 0.29) is 6.61 Å². The van der Waals surface area contributed by atoms with Gasteiger partial charge in [0.1, 0.15) is 12.6 Å². The molecule has 1 unspecified atom stereocenters. The van der Waals surface area contributed by atoms with Crippen LogP contribution in [0.1, 0.15) is 12.8 Å². The van der Waals surface area contributed by atoms with Crippen molar-refractivity contribution >= 4 is 25.2 Å². The van der Waals surface area contributed by atoms with E-state index in [1.54, 1.807) is 0 Å². The average Bonchev–Trinajstić information content (AvgIpc) is 2.39. The van der Waals surface area contributed by atoms with Crippen molar-refractivity contribution in [1.82, 2.24) is 0 Å². The topological polar surface area (TPSA) is 68.2 Å². The summed E-state index contributed by atoms with van der Waals surface area (Å²) in [6.45, 7) is 18.1. The van der Waals surface area contributed by atoms with Crippen molar-refractivity contribution in [3.8, 4) is 0 Å². The number of aliphatic hydroxyl groups excluding tert-OH is 2. The maximum atomic E-state index is 10.2. The predicted octanol–water partition coefficient (Wildman–Crippen LogP) is 2.99. The van der Waals surface area contributed by atoms with Crippen LogP contribution in [0.4, 0.5) is 0 Å². The van der Waals surface area contributed by atoms with E-state index in [1.807, 2.05) is 0 Å². The minimum atomic E-state index is -2.20. The minimum Gasteiger partial charge on any atom is -0.437 e. The smallest absolute Gasteiger partial charge is 0.314 e. The molecule has 0 saturated heterocycles. The fourth-order valence-corrected chi connectivity index (χ4v) is 15.9. The maximum Gasteiger partial charge on any atom is 0.314 e. The third-order valence-electron chi connectivity index (χ3n) is 3.90. The Kier molecular flexibility index (Phi) is 11.7. The molecule has 0 aliphatic carbocycles. The Morgan fingerprint density at radius 1 is 0.889 bits per heavy atom. The van der Waals surface area contributed by atoms with Crippen LogP contribution in [0, 0.1) is 0 Å². The molecule has 1 atom stereocenters. The summed E-state index contributed by atoms with van der Waals surface area (Å²) in [5.74, 6) is 0. The predicted molar refractivity (Wildman–Crippen MR) is 120 cm³/mol. The van der Waals surface area contributed by atoms with Gasteiger partial charge in [0, 0.05) is 19.6 Å². The van der Waals surface area contributed by atoms with Crippen LogP contribution in [0.3, 0.4) is 0 Å². The molecular weight excluding hydrogens is 394 g/mol. The van der Waals surface area contributed by atoms with Crippen molar-refractivity contribution in [2.24, 2.45) is 0 Å². The summed E-state index contributed by atoms with van der Waals surface area (Å²) < 4.78 is 19.4. The lowest BCUT2D eigenvalue weighted by molar-refractivity contribution is -0.893. The summed E-state index contributed by atoms with van der Waals surface area (Å²) in [6, 6.07) is 0.926. The molecule has 0 rings (SSSR count). The number of likely N-dealkylation sites (N-methyl/N-ethyl adjacent to an activating group) is 1. The summed E-state index contributed by atoms with van der Waals surface area (Å²) in [5.41, 5.74) is 0. The second-order valence-electron chi connectivity index (χ2n) is 10.3. The van der Waals surface area contributed by atoms with E-state index in [9.17, 15) is 5.11 Å². The lowest BCUT2D eigenvalue weighted by Gasteiger charge is -2.38. The van der Waals surface area contributed by atoms with Crippen LogP contribution in [0.25, 0.3) is 0 Å². The minimum absolute atomic E-state index is 0.190. The van der Waals surface area contributed by atoms with E-state index in [1.165, 1.54) is 0 Å². The summed E-state index contributed by atoms with van der Waals surface area (Å²) in [5, 5.41) is 19.2. The van der Waals surface area contributed by atoms with Crippen LogP contribution in [-0.2, 0) is 13.0 Å². The second kappa shape index (κ2) is 11.6. The van der Waals surface area contributed by atoms with Crippen LogP contribution in [-0.4, -0.2) is 93.0 Å². The number of nitrogens with zero attached hydrogens (tertiary/aromatic N) is 1. The first-order chi connectivity index (χ1) is 12.1. The molecule has 0 saturated carbocycles. The monoisotopic (exact) mass is 440 g/mol. The van der Waals surface area contributed by atoms with Gasteiger partial charge in [-0.15, -0.1) is 0 Å². The number of hydrogen-bond acceptors (Lipinski definition) is 5. The molecule has 164 valence electrons. The summed E-state index contributed by atoms with van der Waals surface area (Å²) in [7, 11) is -1.38. The zero-order valence-corrected chi connectivity index (χ0v) is 22.3. The van der Waals surface area contributed by atoms with Crippen LogP contribution in [0.5, 0.6) is 0 Å². The van der Waals surface area contributed by atoms with Gasteiger partial charge in [-0.2, -0.15) is 0 Å². The Hall–Kier alpha value is 0.411. The van der Waals surface area contributed by atoms with Crippen molar-refractivity contribution in [3.63, 3.8) is 0 Å². The lowest BCUT2D eigenvalue weighted by Crippen LogP contribution is -2.52. The molecule has 0 aromatic heterocycles.